The van der Waals surface area contributed by atoms with Crippen LogP contribution in [0.4, 0.5) is 0 Å². The second kappa shape index (κ2) is 8.25. The third-order valence-electron chi connectivity index (χ3n) is 6.01. The Hall–Kier alpha value is -3.71. The average Bonchev–Trinajstić information content (AvgIpc) is 2.82. The van der Waals surface area contributed by atoms with Gasteiger partial charge in [0.15, 0.2) is 6.10 Å². The molecule has 1 aliphatic rings. The van der Waals surface area contributed by atoms with Crippen LogP contribution in [0.25, 0.3) is 32.9 Å². The predicted molar refractivity (Wildman–Crippen MR) is 131 cm³/mol. The molecular weight excluding hydrogens is 430 g/mol. The summed E-state index contributed by atoms with van der Waals surface area (Å²) >= 11 is 0. The molecule has 4 aromatic rings. The number of ether oxygens (including phenoxy) is 2. The molecule has 0 saturated heterocycles. The van der Waals surface area contributed by atoms with Gasteiger partial charge in [-0.1, -0.05) is 18.2 Å². The maximum atomic E-state index is 12.8. The molecule has 2 aromatic heterocycles. The van der Waals surface area contributed by atoms with Gasteiger partial charge in [0, 0.05) is 51.0 Å². The van der Waals surface area contributed by atoms with E-state index in [0.717, 1.165) is 50.7 Å². The first-order valence-corrected chi connectivity index (χ1v) is 11.3. The lowest BCUT2D eigenvalue weighted by atomic mass is 9.88. The number of rotatable bonds is 4. The lowest BCUT2D eigenvalue weighted by molar-refractivity contribution is -0.139. The summed E-state index contributed by atoms with van der Waals surface area (Å²) in [6.45, 7) is 7.95. The molecule has 0 aliphatic carbocycles. The predicted octanol–water partition coefficient (Wildman–Crippen LogP) is 5.84. The third-order valence-corrected chi connectivity index (χ3v) is 6.01. The number of hydrogen-bond acceptors (Lipinski definition) is 6. The van der Waals surface area contributed by atoms with E-state index in [1.807, 2.05) is 70.2 Å². The Bertz CT molecular complexity index is 1450. The minimum atomic E-state index is -1.20. The molecule has 0 saturated carbocycles. The van der Waals surface area contributed by atoms with Crippen LogP contribution in [0.1, 0.15) is 43.7 Å². The molecule has 0 spiro atoms. The van der Waals surface area contributed by atoms with Crippen molar-refractivity contribution in [1.82, 2.24) is 9.97 Å². The number of hydrogen-bond donors (Lipinski definition) is 0. The SMILES string of the molecule is Cc1nc2ccccc2c(-c2ccc3c4c(ccnc24)CCO3)c1[C@H](OC(C)(C)C)C(=O)N=O. The van der Waals surface area contributed by atoms with Crippen LogP contribution in [0.5, 0.6) is 5.75 Å². The summed E-state index contributed by atoms with van der Waals surface area (Å²) in [5, 5.41) is 4.54. The van der Waals surface area contributed by atoms with Crippen LogP contribution >= 0.6 is 0 Å². The van der Waals surface area contributed by atoms with E-state index in [0.29, 0.717) is 17.9 Å². The lowest BCUT2D eigenvalue weighted by Gasteiger charge is -2.28. The standard InChI is InChI=1S/C27H25N3O4/c1-15-21(25(26(31)30-32)34-27(2,3)4)23(17-7-5-6-8-19(17)29-15)18-9-10-20-22-16(12-14-33-20)11-13-28-24(18)22/h5-11,13,25H,12,14H2,1-4H3/t25-/m0/s1. The molecule has 0 N–H and O–H groups in total. The van der Waals surface area contributed by atoms with Crippen molar-refractivity contribution in [2.45, 2.75) is 45.8 Å². The first-order chi connectivity index (χ1) is 16.3. The largest absolute Gasteiger partial charge is 0.493 e. The molecule has 3 heterocycles. The third kappa shape index (κ3) is 3.72. The fourth-order valence-electron chi connectivity index (χ4n) is 4.70. The second-order valence-corrected chi connectivity index (χ2v) is 9.45. The topological polar surface area (TPSA) is 90.7 Å². The van der Waals surface area contributed by atoms with E-state index in [1.54, 1.807) is 6.20 Å². The van der Waals surface area contributed by atoms with E-state index in [1.165, 1.54) is 0 Å². The average molecular weight is 456 g/mol. The molecular formula is C27H25N3O4. The number of carbonyl (C=O) groups excluding carboxylic acids is 1. The fourth-order valence-corrected chi connectivity index (χ4v) is 4.70. The van der Waals surface area contributed by atoms with Gasteiger partial charge in [0.25, 0.3) is 0 Å². The Labute approximate surface area is 197 Å². The number of nitroso groups, excluding NO2 is 1. The van der Waals surface area contributed by atoms with Crippen molar-refractivity contribution in [3.8, 4) is 16.9 Å². The van der Waals surface area contributed by atoms with Gasteiger partial charge in [-0.3, -0.25) is 14.8 Å². The summed E-state index contributed by atoms with van der Waals surface area (Å²) in [5.41, 5.74) is 4.71. The fraction of sp³-hybridized carbons (Fsp3) is 0.296. The van der Waals surface area contributed by atoms with Crippen LogP contribution in [-0.2, 0) is 16.0 Å². The van der Waals surface area contributed by atoms with Crippen molar-refractivity contribution in [3.05, 3.63) is 70.4 Å². The number of aryl methyl sites for hydroxylation is 1. The maximum Gasteiger partial charge on any atom is 0.319 e. The van der Waals surface area contributed by atoms with Gasteiger partial charge in [0.05, 0.1) is 23.2 Å². The normalized spacial score (nSPS) is 14.1. The molecule has 0 unspecified atom stereocenters. The van der Waals surface area contributed by atoms with Gasteiger partial charge in [-0.25, -0.2) is 0 Å². The highest BCUT2D eigenvalue weighted by Crippen LogP contribution is 2.44. The number of fused-ring (bicyclic) bond motifs is 1. The summed E-state index contributed by atoms with van der Waals surface area (Å²) in [6, 6.07) is 13.6. The Morgan fingerprint density at radius 3 is 2.71 bits per heavy atom. The van der Waals surface area contributed by atoms with Crippen LogP contribution in [0.2, 0.25) is 0 Å². The molecule has 0 bridgehead atoms. The van der Waals surface area contributed by atoms with Crippen molar-refractivity contribution >= 4 is 27.7 Å². The smallest absolute Gasteiger partial charge is 0.319 e. The minimum absolute atomic E-state index is 0.525. The zero-order chi connectivity index (χ0) is 24.0. The van der Waals surface area contributed by atoms with Crippen LogP contribution in [0.3, 0.4) is 0 Å². The number of aromatic nitrogens is 2. The number of nitrogens with zero attached hydrogens (tertiary/aromatic N) is 3. The summed E-state index contributed by atoms with van der Waals surface area (Å²) in [5.74, 6) is -0.103. The quantitative estimate of drug-likeness (QED) is 0.359. The van der Waals surface area contributed by atoms with Crippen LogP contribution in [-0.4, -0.2) is 28.1 Å². The van der Waals surface area contributed by atoms with Crippen LogP contribution < -0.4 is 4.74 Å². The van der Waals surface area contributed by atoms with Gasteiger partial charge in [0.2, 0.25) is 0 Å². The molecule has 2 aromatic carbocycles. The van der Waals surface area contributed by atoms with Gasteiger partial charge < -0.3 is 9.47 Å². The molecule has 1 amide bonds. The van der Waals surface area contributed by atoms with Crippen molar-refractivity contribution in [1.29, 1.82) is 0 Å². The van der Waals surface area contributed by atoms with Gasteiger partial charge >= 0.3 is 5.91 Å². The Balaban J connectivity index is 1.91. The molecule has 34 heavy (non-hydrogen) atoms. The molecule has 0 fully saturated rings. The van der Waals surface area contributed by atoms with Crippen molar-refractivity contribution < 1.29 is 14.3 Å². The molecule has 1 aliphatic heterocycles. The van der Waals surface area contributed by atoms with E-state index < -0.39 is 17.6 Å². The molecule has 1 atom stereocenters. The van der Waals surface area contributed by atoms with Crippen molar-refractivity contribution in [2.75, 3.05) is 6.61 Å². The van der Waals surface area contributed by atoms with Crippen molar-refractivity contribution in [3.63, 3.8) is 0 Å². The van der Waals surface area contributed by atoms with E-state index in [2.05, 4.69) is 5.18 Å². The van der Waals surface area contributed by atoms with Gasteiger partial charge in [-0.15, -0.1) is 4.91 Å². The van der Waals surface area contributed by atoms with E-state index in [4.69, 9.17) is 19.4 Å². The highest BCUT2D eigenvalue weighted by Gasteiger charge is 2.34. The van der Waals surface area contributed by atoms with Crippen molar-refractivity contribution in [2.24, 2.45) is 5.18 Å². The number of benzene rings is 2. The monoisotopic (exact) mass is 455 g/mol. The zero-order valence-electron chi connectivity index (χ0n) is 19.6. The van der Waals surface area contributed by atoms with E-state index >= 15 is 0 Å². The van der Waals surface area contributed by atoms with Crippen LogP contribution in [0, 0.1) is 11.8 Å². The summed E-state index contributed by atoms with van der Waals surface area (Å²) in [6.07, 6.45) is 1.39. The molecule has 172 valence electrons. The van der Waals surface area contributed by atoms with Gasteiger partial charge in [0.1, 0.15) is 5.75 Å². The summed E-state index contributed by atoms with van der Waals surface area (Å²) < 4.78 is 12.0. The van der Waals surface area contributed by atoms with E-state index in [-0.39, 0.29) is 0 Å². The summed E-state index contributed by atoms with van der Waals surface area (Å²) in [7, 11) is 0. The molecule has 0 radical (unpaired) electrons. The number of pyridine rings is 2. The molecule has 7 heteroatoms. The zero-order valence-corrected chi connectivity index (χ0v) is 19.6. The van der Waals surface area contributed by atoms with E-state index in [9.17, 15) is 9.70 Å². The molecule has 7 nitrogen and oxygen atoms in total. The number of para-hydroxylation sites is 1. The Kier molecular flexibility index (Phi) is 5.37. The lowest BCUT2D eigenvalue weighted by Crippen LogP contribution is -2.28. The highest BCUT2D eigenvalue weighted by molar-refractivity contribution is 6.08. The molecule has 5 rings (SSSR count). The Morgan fingerprint density at radius 2 is 1.94 bits per heavy atom. The van der Waals surface area contributed by atoms with Gasteiger partial charge in [-0.2, -0.15) is 0 Å². The van der Waals surface area contributed by atoms with Gasteiger partial charge in [-0.05, 0) is 57.5 Å². The second-order valence-electron chi connectivity index (χ2n) is 9.45. The minimum Gasteiger partial charge on any atom is -0.493 e. The first-order valence-electron chi connectivity index (χ1n) is 11.3. The van der Waals surface area contributed by atoms with Crippen LogP contribution in [0.15, 0.2) is 53.8 Å². The summed E-state index contributed by atoms with van der Waals surface area (Å²) in [4.78, 5) is 33.7. The first kappa shape index (κ1) is 22.1. The maximum absolute atomic E-state index is 12.8. The Morgan fingerprint density at radius 1 is 1.15 bits per heavy atom. The number of carbonyl (C=O) groups is 1. The number of amides is 1. The highest BCUT2D eigenvalue weighted by atomic mass is 16.5.